The van der Waals surface area contributed by atoms with E-state index in [0.29, 0.717) is 0 Å². The summed E-state index contributed by atoms with van der Waals surface area (Å²) in [4.78, 5) is 6.56. The van der Waals surface area contributed by atoms with Gasteiger partial charge in [-0.05, 0) is 38.4 Å². The van der Waals surface area contributed by atoms with E-state index in [1.807, 2.05) is 36.7 Å². The Labute approximate surface area is 102 Å². The van der Waals surface area contributed by atoms with Gasteiger partial charge in [0, 0.05) is 36.7 Å². The molecule has 17 heavy (non-hydrogen) atoms. The number of hydrogen-bond acceptors (Lipinski definition) is 3. The summed E-state index contributed by atoms with van der Waals surface area (Å²) in [7, 11) is 4.14. The van der Waals surface area contributed by atoms with Gasteiger partial charge < -0.3 is 15.2 Å². The molecule has 1 aromatic heterocycles. The molecule has 0 atom stereocenters. The summed E-state index contributed by atoms with van der Waals surface area (Å²) < 4.78 is 2.16. The number of hydrogen-bond donors (Lipinski definition) is 1. The standard InChI is InChI=1S/C13H18N4/c1-16(2)9-10-17-8-7-15-13(17)11-3-5-12(14)6-4-11/h3-8H,9-10,14H2,1-2H3. The number of nitrogens with two attached hydrogens (primary N) is 1. The molecule has 2 N–H and O–H groups in total. The van der Waals surface area contributed by atoms with Gasteiger partial charge in [0.1, 0.15) is 5.82 Å². The number of likely N-dealkylation sites (N-methyl/N-ethyl adjacent to an activating group) is 1. The number of aromatic nitrogens is 2. The number of rotatable bonds is 4. The summed E-state index contributed by atoms with van der Waals surface area (Å²) in [5.41, 5.74) is 7.56. The average Bonchev–Trinajstić information content (AvgIpc) is 2.75. The third-order valence-electron chi connectivity index (χ3n) is 2.67. The molecule has 0 unspecified atom stereocenters. The Hall–Kier alpha value is -1.81. The summed E-state index contributed by atoms with van der Waals surface area (Å²) >= 11 is 0. The van der Waals surface area contributed by atoms with Crippen molar-refractivity contribution in [3.8, 4) is 11.4 Å². The van der Waals surface area contributed by atoms with Crippen molar-refractivity contribution in [2.24, 2.45) is 0 Å². The van der Waals surface area contributed by atoms with Gasteiger partial charge in [-0.15, -0.1) is 0 Å². The molecular formula is C13H18N4. The maximum Gasteiger partial charge on any atom is 0.139 e. The highest BCUT2D eigenvalue weighted by Crippen LogP contribution is 2.18. The number of benzene rings is 1. The Morgan fingerprint density at radius 1 is 1.24 bits per heavy atom. The van der Waals surface area contributed by atoms with Crippen molar-refractivity contribution in [1.82, 2.24) is 14.5 Å². The molecule has 0 aliphatic heterocycles. The molecule has 0 amide bonds. The van der Waals surface area contributed by atoms with Crippen LogP contribution in [0.1, 0.15) is 0 Å². The fourth-order valence-corrected chi connectivity index (χ4v) is 1.69. The van der Waals surface area contributed by atoms with Crippen molar-refractivity contribution < 1.29 is 0 Å². The summed E-state index contributed by atoms with van der Waals surface area (Å²) in [5, 5.41) is 0. The molecular weight excluding hydrogens is 212 g/mol. The lowest BCUT2D eigenvalue weighted by atomic mass is 10.2. The monoisotopic (exact) mass is 230 g/mol. The Morgan fingerprint density at radius 3 is 2.59 bits per heavy atom. The van der Waals surface area contributed by atoms with E-state index in [1.54, 1.807) is 0 Å². The first-order chi connectivity index (χ1) is 8.16. The Kier molecular flexibility index (Phi) is 3.44. The molecule has 0 aliphatic rings. The highest BCUT2D eigenvalue weighted by Gasteiger charge is 2.05. The maximum atomic E-state index is 5.68. The first-order valence-corrected chi connectivity index (χ1v) is 5.68. The van der Waals surface area contributed by atoms with Crippen molar-refractivity contribution in [3.05, 3.63) is 36.7 Å². The van der Waals surface area contributed by atoms with Gasteiger partial charge in [-0.2, -0.15) is 0 Å². The van der Waals surface area contributed by atoms with Gasteiger partial charge in [-0.3, -0.25) is 0 Å². The van der Waals surface area contributed by atoms with Gasteiger partial charge in [0.05, 0.1) is 0 Å². The van der Waals surface area contributed by atoms with Gasteiger partial charge >= 0.3 is 0 Å². The highest BCUT2D eigenvalue weighted by molar-refractivity contribution is 5.59. The normalized spacial score (nSPS) is 11.0. The predicted octanol–water partition coefficient (Wildman–Crippen LogP) is 1.69. The molecule has 2 rings (SSSR count). The van der Waals surface area contributed by atoms with E-state index in [-0.39, 0.29) is 0 Å². The maximum absolute atomic E-state index is 5.68. The van der Waals surface area contributed by atoms with Gasteiger partial charge in [-0.25, -0.2) is 4.98 Å². The largest absolute Gasteiger partial charge is 0.399 e. The molecule has 2 aromatic rings. The Morgan fingerprint density at radius 2 is 1.94 bits per heavy atom. The minimum atomic E-state index is 0.778. The molecule has 0 spiro atoms. The van der Waals surface area contributed by atoms with E-state index >= 15 is 0 Å². The lowest BCUT2D eigenvalue weighted by Gasteiger charge is -2.12. The van der Waals surface area contributed by atoms with Crippen LogP contribution in [-0.2, 0) is 6.54 Å². The number of imidazole rings is 1. The van der Waals surface area contributed by atoms with Crippen LogP contribution in [0.4, 0.5) is 5.69 Å². The van der Waals surface area contributed by atoms with Crippen molar-refractivity contribution in [2.45, 2.75) is 6.54 Å². The first kappa shape index (κ1) is 11.7. The van der Waals surface area contributed by atoms with Crippen LogP contribution in [0.3, 0.4) is 0 Å². The molecule has 90 valence electrons. The zero-order valence-corrected chi connectivity index (χ0v) is 10.3. The van der Waals surface area contributed by atoms with Gasteiger partial charge in [0.25, 0.3) is 0 Å². The Bertz CT molecular complexity index is 470. The van der Waals surface area contributed by atoms with Gasteiger partial charge in [0.2, 0.25) is 0 Å². The molecule has 0 radical (unpaired) electrons. The summed E-state index contributed by atoms with van der Waals surface area (Å²) in [6.07, 6.45) is 3.84. The second-order valence-corrected chi connectivity index (χ2v) is 4.37. The topological polar surface area (TPSA) is 47.1 Å². The SMILES string of the molecule is CN(C)CCn1ccnc1-c1ccc(N)cc1. The Balaban J connectivity index is 2.21. The third kappa shape index (κ3) is 2.85. The number of nitrogens with zero attached hydrogens (tertiary/aromatic N) is 3. The van der Waals surface area contributed by atoms with Gasteiger partial charge in [0.15, 0.2) is 0 Å². The molecule has 0 saturated heterocycles. The predicted molar refractivity (Wildman–Crippen MR) is 70.6 cm³/mol. The summed E-state index contributed by atoms with van der Waals surface area (Å²) in [6, 6.07) is 7.81. The fraction of sp³-hybridized carbons (Fsp3) is 0.308. The zero-order valence-electron chi connectivity index (χ0n) is 10.3. The van der Waals surface area contributed by atoms with E-state index in [4.69, 9.17) is 5.73 Å². The van der Waals surface area contributed by atoms with E-state index < -0.39 is 0 Å². The lowest BCUT2D eigenvalue weighted by molar-refractivity contribution is 0.385. The van der Waals surface area contributed by atoms with Crippen molar-refractivity contribution >= 4 is 5.69 Å². The zero-order chi connectivity index (χ0) is 12.3. The van der Waals surface area contributed by atoms with Crippen molar-refractivity contribution in [1.29, 1.82) is 0 Å². The van der Waals surface area contributed by atoms with Crippen LogP contribution in [0.2, 0.25) is 0 Å². The summed E-state index contributed by atoms with van der Waals surface area (Å²) in [6.45, 7) is 1.94. The van der Waals surface area contributed by atoms with Crippen molar-refractivity contribution in [2.75, 3.05) is 26.4 Å². The minimum absolute atomic E-state index is 0.778. The molecule has 1 aromatic carbocycles. The van der Waals surface area contributed by atoms with E-state index in [0.717, 1.165) is 30.2 Å². The molecule has 4 nitrogen and oxygen atoms in total. The van der Waals surface area contributed by atoms with Gasteiger partial charge in [-0.1, -0.05) is 0 Å². The molecule has 0 aliphatic carbocycles. The van der Waals surface area contributed by atoms with Crippen LogP contribution >= 0.6 is 0 Å². The fourth-order valence-electron chi connectivity index (χ4n) is 1.69. The van der Waals surface area contributed by atoms with Crippen molar-refractivity contribution in [3.63, 3.8) is 0 Å². The van der Waals surface area contributed by atoms with Crippen LogP contribution in [0.25, 0.3) is 11.4 Å². The van der Waals surface area contributed by atoms with Crippen LogP contribution in [0, 0.1) is 0 Å². The average molecular weight is 230 g/mol. The number of anilines is 1. The minimum Gasteiger partial charge on any atom is -0.399 e. The number of nitrogen functional groups attached to an aromatic ring is 1. The molecule has 0 bridgehead atoms. The van der Waals surface area contributed by atoms with E-state index in [2.05, 4.69) is 28.5 Å². The molecule has 0 saturated carbocycles. The van der Waals surface area contributed by atoms with Crippen LogP contribution in [-0.4, -0.2) is 35.1 Å². The first-order valence-electron chi connectivity index (χ1n) is 5.68. The second kappa shape index (κ2) is 5.01. The van der Waals surface area contributed by atoms with Crippen LogP contribution in [0.5, 0.6) is 0 Å². The second-order valence-electron chi connectivity index (χ2n) is 4.37. The summed E-state index contributed by atoms with van der Waals surface area (Å²) in [5.74, 6) is 0.992. The lowest BCUT2D eigenvalue weighted by Crippen LogP contribution is -2.18. The third-order valence-corrected chi connectivity index (χ3v) is 2.67. The molecule has 0 fully saturated rings. The highest BCUT2D eigenvalue weighted by atomic mass is 15.1. The quantitative estimate of drug-likeness (QED) is 0.813. The van der Waals surface area contributed by atoms with Crippen LogP contribution < -0.4 is 5.73 Å². The molecule has 4 heteroatoms. The molecule has 1 heterocycles. The van der Waals surface area contributed by atoms with Crippen LogP contribution in [0.15, 0.2) is 36.7 Å². The van der Waals surface area contributed by atoms with E-state index in [9.17, 15) is 0 Å². The van der Waals surface area contributed by atoms with E-state index in [1.165, 1.54) is 0 Å². The smallest absolute Gasteiger partial charge is 0.139 e.